The molecule has 0 saturated carbocycles. The first-order valence-electron chi connectivity index (χ1n) is 6.43. The Morgan fingerprint density at radius 3 is 2.45 bits per heavy atom. The van der Waals surface area contributed by atoms with Gasteiger partial charge in [-0.05, 0) is 37.5 Å². The number of rotatable bonds is 3. The van der Waals surface area contributed by atoms with Crippen molar-refractivity contribution in [1.82, 2.24) is 4.90 Å². The van der Waals surface area contributed by atoms with Gasteiger partial charge in [-0.3, -0.25) is 4.79 Å². The van der Waals surface area contributed by atoms with Gasteiger partial charge in [-0.15, -0.1) is 0 Å². The van der Waals surface area contributed by atoms with Crippen molar-refractivity contribution in [1.29, 1.82) is 0 Å². The van der Waals surface area contributed by atoms with Crippen molar-refractivity contribution in [3.63, 3.8) is 0 Å². The summed E-state index contributed by atoms with van der Waals surface area (Å²) >= 11 is 0. The van der Waals surface area contributed by atoms with E-state index >= 15 is 0 Å². The summed E-state index contributed by atoms with van der Waals surface area (Å²) < 4.78 is 28.0. The van der Waals surface area contributed by atoms with Crippen molar-refractivity contribution < 1.29 is 17.9 Å². The van der Waals surface area contributed by atoms with Gasteiger partial charge in [-0.2, -0.15) is 0 Å². The van der Waals surface area contributed by atoms with E-state index in [2.05, 4.69) is 0 Å². The summed E-state index contributed by atoms with van der Waals surface area (Å²) in [6.07, 6.45) is 3.07. The number of hydrogen-bond donors (Lipinski definition) is 1. The first-order chi connectivity index (χ1) is 9.43. The zero-order valence-corrected chi connectivity index (χ0v) is 12.1. The quantitative estimate of drug-likeness (QED) is 0.900. The largest absolute Gasteiger partial charge is 0.495 e. The Morgan fingerprint density at radius 1 is 1.25 bits per heavy atom. The Hall–Kier alpha value is -1.60. The van der Waals surface area contributed by atoms with Gasteiger partial charge in [-0.1, -0.05) is 0 Å². The van der Waals surface area contributed by atoms with E-state index < -0.39 is 10.0 Å². The number of amides is 1. The monoisotopic (exact) mass is 298 g/mol. The number of nitrogens with two attached hydrogens (primary N) is 1. The molecule has 1 saturated heterocycles. The van der Waals surface area contributed by atoms with Gasteiger partial charge in [0.25, 0.3) is 5.91 Å². The highest BCUT2D eigenvalue weighted by Crippen LogP contribution is 2.25. The highest BCUT2D eigenvalue weighted by Gasteiger charge is 2.22. The highest BCUT2D eigenvalue weighted by molar-refractivity contribution is 7.89. The van der Waals surface area contributed by atoms with Crippen LogP contribution in [0.4, 0.5) is 0 Å². The number of primary sulfonamides is 1. The number of piperidine rings is 1. The second kappa shape index (κ2) is 5.80. The fourth-order valence-corrected chi connectivity index (χ4v) is 3.03. The first kappa shape index (κ1) is 14.8. The van der Waals surface area contributed by atoms with Crippen LogP contribution in [0.5, 0.6) is 5.75 Å². The Kier molecular flexibility index (Phi) is 4.29. The zero-order valence-electron chi connectivity index (χ0n) is 11.3. The van der Waals surface area contributed by atoms with E-state index in [1.54, 1.807) is 11.0 Å². The lowest BCUT2D eigenvalue weighted by molar-refractivity contribution is 0.0724. The number of hydrogen-bond acceptors (Lipinski definition) is 4. The van der Waals surface area contributed by atoms with Gasteiger partial charge in [0, 0.05) is 18.7 Å². The fraction of sp³-hybridized carbons (Fsp3) is 0.462. The lowest BCUT2D eigenvalue weighted by atomic mass is 10.1. The van der Waals surface area contributed by atoms with E-state index in [1.807, 2.05) is 0 Å². The van der Waals surface area contributed by atoms with Gasteiger partial charge in [0.2, 0.25) is 10.0 Å². The van der Waals surface area contributed by atoms with Crippen LogP contribution >= 0.6 is 0 Å². The van der Waals surface area contributed by atoms with Crippen molar-refractivity contribution in [2.24, 2.45) is 5.14 Å². The van der Waals surface area contributed by atoms with Crippen LogP contribution in [-0.2, 0) is 10.0 Å². The molecule has 0 aliphatic carbocycles. The standard InChI is InChI=1S/C13H18N2O4S/c1-19-11-6-5-10(9-12(11)20(14,17)18)13(16)15-7-3-2-4-8-15/h5-6,9H,2-4,7-8H2,1H3,(H2,14,17,18). The maximum absolute atomic E-state index is 12.3. The summed E-state index contributed by atoms with van der Waals surface area (Å²) in [7, 11) is -2.57. The summed E-state index contributed by atoms with van der Waals surface area (Å²) in [5.74, 6) is -0.0278. The summed E-state index contributed by atoms with van der Waals surface area (Å²) in [5.41, 5.74) is 0.316. The highest BCUT2D eigenvalue weighted by atomic mass is 32.2. The molecular formula is C13H18N2O4S. The Balaban J connectivity index is 2.35. The average molecular weight is 298 g/mol. The molecule has 1 aromatic rings. The number of likely N-dealkylation sites (tertiary alicyclic amines) is 1. The van der Waals surface area contributed by atoms with E-state index in [4.69, 9.17) is 9.88 Å². The number of nitrogens with zero attached hydrogens (tertiary/aromatic N) is 1. The molecule has 0 unspecified atom stereocenters. The van der Waals surface area contributed by atoms with Crippen LogP contribution in [0.25, 0.3) is 0 Å². The number of sulfonamides is 1. The topological polar surface area (TPSA) is 89.7 Å². The second-order valence-electron chi connectivity index (χ2n) is 4.76. The summed E-state index contributed by atoms with van der Waals surface area (Å²) in [4.78, 5) is 13.9. The van der Waals surface area contributed by atoms with Crippen molar-refractivity contribution in [3.8, 4) is 5.75 Å². The Bertz CT molecular complexity index is 607. The number of ether oxygens (including phenoxy) is 1. The van der Waals surface area contributed by atoms with E-state index in [0.717, 1.165) is 19.3 Å². The molecule has 7 heteroatoms. The first-order valence-corrected chi connectivity index (χ1v) is 7.98. The van der Waals surface area contributed by atoms with Crippen LogP contribution in [-0.4, -0.2) is 39.4 Å². The third-order valence-electron chi connectivity index (χ3n) is 3.36. The molecule has 0 atom stereocenters. The normalized spacial score (nSPS) is 16.0. The number of carbonyl (C=O) groups is 1. The maximum Gasteiger partial charge on any atom is 0.253 e. The predicted octanol–water partition coefficient (Wildman–Crippen LogP) is 0.969. The summed E-state index contributed by atoms with van der Waals surface area (Å²) in [6.45, 7) is 1.41. The number of methoxy groups -OCH3 is 1. The maximum atomic E-state index is 12.3. The molecular weight excluding hydrogens is 280 g/mol. The Labute approximate surface area is 118 Å². The number of benzene rings is 1. The average Bonchev–Trinajstić information content (AvgIpc) is 2.46. The smallest absolute Gasteiger partial charge is 0.253 e. The molecule has 6 nitrogen and oxygen atoms in total. The van der Waals surface area contributed by atoms with E-state index in [0.29, 0.717) is 18.7 Å². The third kappa shape index (κ3) is 3.10. The van der Waals surface area contributed by atoms with Gasteiger partial charge in [0.15, 0.2) is 0 Å². The molecule has 2 rings (SSSR count). The molecule has 2 N–H and O–H groups in total. The van der Waals surface area contributed by atoms with Crippen molar-refractivity contribution >= 4 is 15.9 Å². The van der Waals surface area contributed by atoms with Crippen molar-refractivity contribution in [2.45, 2.75) is 24.2 Å². The molecule has 110 valence electrons. The van der Waals surface area contributed by atoms with Crippen molar-refractivity contribution in [2.75, 3.05) is 20.2 Å². The van der Waals surface area contributed by atoms with Crippen LogP contribution < -0.4 is 9.88 Å². The minimum atomic E-state index is -3.93. The van der Waals surface area contributed by atoms with Gasteiger partial charge in [-0.25, -0.2) is 13.6 Å². The Morgan fingerprint density at radius 2 is 1.90 bits per heavy atom. The number of carbonyl (C=O) groups excluding carboxylic acids is 1. The molecule has 1 heterocycles. The predicted molar refractivity (Wildman–Crippen MR) is 74.1 cm³/mol. The van der Waals surface area contributed by atoms with E-state index in [-0.39, 0.29) is 16.6 Å². The zero-order chi connectivity index (χ0) is 14.8. The lowest BCUT2D eigenvalue weighted by Gasteiger charge is -2.26. The van der Waals surface area contributed by atoms with Crippen LogP contribution in [0.15, 0.2) is 23.1 Å². The van der Waals surface area contributed by atoms with Gasteiger partial charge in [0.1, 0.15) is 10.6 Å². The molecule has 20 heavy (non-hydrogen) atoms. The minimum Gasteiger partial charge on any atom is -0.495 e. The molecule has 1 aliphatic rings. The molecule has 1 fully saturated rings. The molecule has 0 radical (unpaired) electrons. The third-order valence-corrected chi connectivity index (χ3v) is 4.29. The van der Waals surface area contributed by atoms with E-state index in [1.165, 1.54) is 19.2 Å². The molecule has 0 aromatic heterocycles. The summed E-state index contributed by atoms with van der Waals surface area (Å²) in [6, 6.07) is 4.30. The molecule has 1 aliphatic heterocycles. The van der Waals surface area contributed by atoms with Gasteiger partial charge < -0.3 is 9.64 Å². The van der Waals surface area contributed by atoms with Crippen LogP contribution in [0.2, 0.25) is 0 Å². The van der Waals surface area contributed by atoms with Gasteiger partial charge in [0.05, 0.1) is 7.11 Å². The summed E-state index contributed by atoms with van der Waals surface area (Å²) in [5, 5.41) is 5.15. The molecule has 0 spiro atoms. The van der Waals surface area contributed by atoms with Crippen molar-refractivity contribution in [3.05, 3.63) is 23.8 Å². The molecule has 0 bridgehead atoms. The fourth-order valence-electron chi connectivity index (χ4n) is 2.31. The molecule has 1 aromatic carbocycles. The second-order valence-corrected chi connectivity index (χ2v) is 6.29. The van der Waals surface area contributed by atoms with Crippen LogP contribution in [0.3, 0.4) is 0 Å². The lowest BCUT2D eigenvalue weighted by Crippen LogP contribution is -2.35. The molecule has 1 amide bonds. The SMILES string of the molecule is COc1ccc(C(=O)N2CCCCC2)cc1S(N)(=O)=O. The van der Waals surface area contributed by atoms with Gasteiger partial charge >= 0.3 is 0 Å². The van der Waals surface area contributed by atoms with E-state index in [9.17, 15) is 13.2 Å². The minimum absolute atomic E-state index is 0.141. The van der Waals surface area contributed by atoms with Crippen LogP contribution in [0.1, 0.15) is 29.6 Å². The van der Waals surface area contributed by atoms with Crippen LogP contribution in [0, 0.1) is 0 Å².